The lowest BCUT2D eigenvalue weighted by atomic mass is 9.84. The molecule has 1 unspecified atom stereocenters. The Hall–Kier alpha value is -2.86. The van der Waals surface area contributed by atoms with Crippen LogP contribution in [0.25, 0.3) is 11.1 Å². The molecular formula is C24H27N3O2S. The van der Waals surface area contributed by atoms with E-state index < -0.39 is 0 Å². The molecule has 5 nitrogen and oxygen atoms in total. The van der Waals surface area contributed by atoms with Gasteiger partial charge < -0.3 is 9.64 Å². The first-order chi connectivity index (χ1) is 14.6. The molecule has 1 atom stereocenters. The maximum Gasteiger partial charge on any atom is 0.246 e. The summed E-state index contributed by atoms with van der Waals surface area (Å²) in [7, 11) is 1.66. The van der Waals surface area contributed by atoms with Crippen molar-refractivity contribution in [1.29, 1.82) is 0 Å². The molecule has 156 valence electrons. The van der Waals surface area contributed by atoms with E-state index in [1.165, 1.54) is 27.0 Å². The normalized spacial score (nSPS) is 15.7. The van der Waals surface area contributed by atoms with Crippen molar-refractivity contribution in [3.8, 4) is 17.0 Å². The minimum Gasteiger partial charge on any atom is -0.479 e. The predicted molar refractivity (Wildman–Crippen MR) is 121 cm³/mol. The van der Waals surface area contributed by atoms with E-state index in [0.717, 1.165) is 24.1 Å². The van der Waals surface area contributed by atoms with Gasteiger partial charge in [0.1, 0.15) is 0 Å². The van der Waals surface area contributed by atoms with Gasteiger partial charge in [0.05, 0.1) is 19.2 Å². The minimum atomic E-state index is -0.0223. The van der Waals surface area contributed by atoms with Gasteiger partial charge in [-0.25, -0.2) is 0 Å². The number of fused-ring (bicyclic) bond motifs is 1. The van der Waals surface area contributed by atoms with Crippen molar-refractivity contribution >= 4 is 17.2 Å². The van der Waals surface area contributed by atoms with Gasteiger partial charge in [-0.1, -0.05) is 37.8 Å². The van der Waals surface area contributed by atoms with Crippen LogP contribution in [0.15, 0.2) is 49.2 Å². The Labute approximate surface area is 181 Å². The van der Waals surface area contributed by atoms with Crippen LogP contribution in [-0.4, -0.2) is 34.2 Å². The number of aromatic nitrogens is 2. The van der Waals surface area contributed by atoms with Gasteiger partial charge in [-0.15, -0.1) is 16.4 Å². The van der Waals surface area contributed by atoms with Gasteiger partial charge >= 0.3 is 0 Å². The molecule has 1 amide bonds. The van der Waals surface area contributed by atoms with Gasteiger partial charge in [-0.3, -0.25) is 9.48 Å². The molecule has 0 saturated heterocycles. The molecule has 0 saturated carbocycles. The number of hydrogen-bond donors (Lipinski definition) is 0. The second-order valence-corrected chi connectivity index (χ2v) is 8.64. The van der Waals surface area contributed by atoms with Crippen LogP contribution in [0.5, 0.6) is 5.88 Å². The fraction of sp³-hybridized carbons (Fsp3) is 0.333. The molecule has 3 aromatic rings. The van der Waals surface area contributed by atoms with Crippen molar-refractivity contribution < 1.29 is 9.53 Å². The van der Waals surface area contributed by atoms with Crippen molar-refractivity contribution in [2.75, 3.05) is 13.7 Å². The molecule has 1 aliphatic rings. The number of nitrogens with zero attached hydrogens (tertiary/aromatic N) is 3. The summed E-state index contributed by atoms with van der Waals surface area (Å²) in [6.07, 6.45) is 4.45. The topological polar surface area (TPSA) is 47.4 Å². The second kappa shape index (κ2) is 8.48. The van der Waals surface area contributed by atoms with Crippen LogP contribution in [0, 0.1) is 0 Å². The van der Waals surface area contributed by atoms with Crippen molar-refractivity contribution in [1.82, 2.24) is 14.7 Å². The first-order valence-corrected chi connectivity index (χ1v) is 11.1. The lowest BCUT2D eigenvalue weighted by Crippen LogP contribution is -2.37. The van der Waals surface area contributed by atoms with E-state index in [0.29, 0.717) is 19.0 Å². The van der Waals surface area contributed by atoms with E-state index in [1.54, 1.807) is 7.11 Å². The van der Waals surface area contributed by atoms with Gasteiger partial charge in [0.25, 0.3) is 0 Å². The zero-order chi connectivity index (χ0) is 21.3. The summed E-state index contributed by atoms with van der Waals surface area (Å²) in [5.74, 6) is 0.699. The van der Waals surface area contributed by atoms with E-state index in [1.807, 2.05) is 33.2 Å². The summed E-state index contributed by atoms with van der Waals surface area (Å²) in [5, 5.41) is 4.55. The highest BCUT2D eigenvalue weighted by Gasteiger charge is 2.32. The maximum atomic E-state index is 12.5. The van der Waals surface area contributed by atoms with Gasteiger partial charge in [0.15, 0.2) is 0 Å². The molecule has 2 aromatic heterocycles. The minimum absolute atomic E-state index is 0.0223. The SMILES string of the molecule is C=CC(=O)N1Cc2sc(CC)cc2C(c2ccccc2-c2cn(CC)nc2OC)C1. The van der Waals surface area contributed by atoms with Crippen molar-refractivity contribution in [3.05, 3.63) is 70.1 Å². The lowest BCUT2D eigenvalue weighted by Gasteiger charge is -2.33. The summed E-state index contributed by atoms with van der Waals surface area (Å²) in [5.41, 5.74) is 4.60. The van der Waals surface area contributed by atoms with Crippen molar-refractivity contribution in [2.45, 2.75) is 39.3 Å². The molecule has 6 heteroatoms. The summed E-state index contributed by atoms with van der Waals surface area (Å²) >= 11 is 1.81. The fourth-order valence-corrected chi connectivity index (χ4v) is 5.35. The molecule has 0 aliphatic carbocycles. The van der Waals surface area contributed by atoms with E-state index in [4.69, 9.17) is 4.74 Å². The number of benzene rings is 1. The predicted octanol–water partition coefficient (Wildman–Crippen LogP) is 4.86. The molecule has 0 bridgehead atoms. The van der Waals surface area contributed by atoms with Crippen LogP contribution in [0.1, 0.15) is 40.6 Å². The number of methoxy groups -OCH3 is 1. The molecule has 0 N–H and O–H groups in total. The number of hydrogen-bond acceptors (Lipinski definition) is 4. The molecule has 1 aromatic carbocycles. The van der Waals surface area contributed by atoms with E-state index in [2.05, 4.69) is 49.8 Å². The van der Waals surface area contributed by atoms with Crippen LogP contribution in [0.3, 0.4) is 0 Å². The number of carbonyl (C=O) groups is 1. The zero-order valence-electron chi connectivity index (χ0n) is 17.7. The van der Waals surface area contributed by atoms with Gasteiger partial charge in [-0.2, -0.15) is 0 Å². The number of ether oxygens (including phenoxy) is 1. The van der Waals surface area contributed by atoms with Gasteiger partial charge in [0.2, 0.25) is 11.8 Å². The zero-order valence-corrected chi connectivity index (χ0v) is 18.5. The average molecular weight is 422 g/mol. The molecule has 1 aliphatic heterocycles. The highest BCUT2D eigenvalue weighted by molar-refractivity contribution is 7.12. The third-order valence-corrected chi connectivity index (χ3v) is 6.99. The Morgan fingerprint density at radius 3 is 2.80 bits per heavy atom. The quantitative estimate of drug-likeness (QED) is 0.534. The Morgan fingerprint density at radius 1 is 1.30 bits per heavy atom. The Morgan fingerprint density at radius 2 is 2.10 bits per heavy atom. The summed E-state index contributed by atoms with van der Waals surface area (Å²) < 4.78 is 7.48. The van der Waals surface area contributed by atoms with E-state index in [-0.39, 0.29) is 11.8 Å². The third kappa shape index (κ3) is 3.56. The van der Waals surface area contributed by atoms with Crippen LogP contribution in [0.4, 0.5) is 0 Å². The fourth-order valence-electron chi connectivity index (χ4n) is 4.16. The van der Waals surface area contributed by atoms with Crippen LogP contribution in [-0.2, 0) is 24.3 Å². The molecule has 4 rings (SSSR count). The smallest absolute Gasteiger partial charge is 0.246 e. The number of carbonyl (C=O) groups excluding carboxylic acids is 1. The van der Waals surface area contributed by atoms with Crippen LogP contribution in [0.2, 0.25) is 0 Å². The Bertz CT molecular complexity index is 1080. The van der Waals surface area contributed by atoms with Gasteiger partial charge in [-0.05, 0) is 42.2 Å². The average Bonchev–Trinajstić information content (AvgIpc) is 3.41. The summed E-state index contributed by atoms with van der Waals surface area (Å²) in [4.78, 5) is 17.0. The lowest BCUT2D eigenvalue weighted by molar-refractivity contribution is -0.127. The third-order valence-electron chi connectivity index (χ3n) is 5.71. The molecular weight excluding hydrogens is 394 g/mol. The van der Waals surface area contributed by atoms with Crippen molar-refractivity contribution in [2.24, 2.45) is 0 Å². The van der Waals surface area contributed by atoms with E-state index in [9.17, 15) is 4.79 Å². The number of amides is 1. The maximum absolute atomic E-state index is 12.5. The molecule has 3 heterocycles. The number of rotatable bonds is 6. The van der Waals surface area contributed by atoms with Crippen LogP contribution < -0.4 is 4.74 Å². The Balaban J connectivity index is 1.86. The highest BCUT2D eigenvalue weighted by Crippen LogP contribution is 2.43. The Kier molecular flexibility index (Phi) is 5.77. The molecule has 30 heavy (non-hydrogen) atoms. The van der Waals surface area contributed by atoms with E-state index >= 15 is 0 Å². The molecule has 0 spiro atoms. The monoisotopic (exact) mass is 421 g/mol. The van der Waals surface area contributed by atoms with Crippen LogP contribution >= 0.6 is 11.3 Å². The number of thiophene rings is 1. The first-order valence-electron chi connectivity index (χ1n) is 10.3. The summed E-state index contributed by atoms with van der Waals surface area (Å²) in [6, 6.07) is 10.7. The molecule has 0 radical (unpaired) electrons. The van der Waals surface area contributed by atoms with Gasteiger partial charge in [0, 0.05) is 35.0 Å². The standard InChI is InChI=1S/C24H27N3O2S/c1-5-16-12-19-20(13-26(23(28)6-2)15-22(19)30-16)17-10-8-9-11-18(17)21-14-27(7-3)25-24(21)29-4/h6,8-12,14,20H,2,5,7,13,15H2,1,3-4H3. The largest absolute Gasteiger partial charge is 0.479 e. The second-order valence-electron chi connectivity index (χ2n) is 7.42. The number of aryl methyl sites for hydroxylation is 2. The molecule has 0 fully saturated rings. The first kappa shape index (κ1) is 20.4. The van der Waals surface area contributed by atoms with Crippen molar-refractivity contribution in [3.63, 3.8) is 0 Å². The highest BCUT2D eigenvalue weighted by atomic mass is 32.1. The summed E-state index contributed by atoms with van der Waals surface area (Å²) in [6.45, 7) is 10.0.